The maximum Gasteiger partial charge on any atom is 0.433 e. The van der Waals surface area contributed by atoms with Crippen LogP contribution in [0, 0.1) is 0 Å². The van der Waals surface area contributed by atoms with Gasteiger partial charge in [0, 0.05) is 48.7 Å². The van der Waals surface area contributed by atoms with Crippen molar-refractivity contribution in [2.75, 3.05) is 11.9 Å². The fourth-order valence-corrected chi connectivity index (χ4v) is 3.58. The van der Waals surface area contributed by atoms with Crippen molar-refractivity contribution in [2.24, 2.45) is 0 Å². The number of hydrogen-bond donors (Lipinski definition) is 1. The Kier molecular flexibility index (Phi) is 4.30. The zero-order valence-corrected chi connectivity index (χ0v) is 14.4. The number of nitrogens with zero attached hydrogens (tertiary/aromatic N) is 4. The van der Waals surface area contributed by atoms with Gasteiger partial charge in [-0.1, -0.05) is 0 Å². The molecule has 2 aliphatic rings. The fraction of sp³-hybridized carbons (Fsp3) is 0.500. The lowest BCUT2D eigenvalue weighted by Crippen LogP contribution is -2.31. The summed E-state index contributed by atoms with van der Waals surface area (Å²) in [6, 6.07) is 5.36. The second-order valence-electron chi connectivity index (χ2n) is 7.05. The molecule has 3 heterocycles. The van der Waals surface area contributed by atoms with Crippen molar-refractivity contribution in [1.82, 2.24) is 19.9 Å². The second kappa shape index (κ2) is 6.50. The van der Waals surface area contributed by atoms with Crippen LogP contribution < -0.4 is 5.32 Å². The van der Waals surface area contributed by atoms with E-state index in [1.165, 1.54) is 25.2 Å². The van der Waals surface area contributed by atoms with Crippen LogP contribution in [0.5, 0.6) is 0 Å². The third-order valence-electron chi connectivity index (χ3n) is 4.95. The van der Waals surface area contributed by atoms with E-state index in [-0.39, 0.29) is 17.7 Å². The molecular formula is C18H20F3N5. The van der Waals surface area contributed by atoms with Gasteiger partial charge in [0.05, 0.1) is 0 Å². The van der Waals surface area contributed by atoms with Gasteiger partial charge in [-0.15, -0.1) is 0 Å². The Morgan fingerprint density at radius 2 is 1.88 bits per heavy atom. The first-order valence-electron chi connectivity index (χ1n) is 8.79. The molecule has 0 aromatic carbocycles. The molecule has 2 fully saturated rings. The third-order valence-corrected chi connectivity index (χ3v) is 4.95. The summed E-state index contributed by atoms with van der Waals surface area (Å²) in [6.45, 7) is 3.01. The number of halogens is 3. The molecule has 4 rings (SSSR count). The van der Waals surface area contributed by atoms with Crippen LogP contribution in [-0.4, -0.2) is 44.5 Å². The quantitative estimate of drug-likeness (QED) is 0.900. The smallest absolute Gasteiger partial charge is 0.366 e. The molecule has 1 aliphatic heterocycles. The number of likely N-dealkylation sites (tertiary alicyclic amines) is 1. The van der Waals surface area contributed by atoms with Gasteiger partial charge in [0.15, 0.2) is 11.5 Å². The van der Waals surface area contributed by atoms with Gasteiger partial charge in [0.1, 0.15) is 5.82 Å². The zero-order valence-electron chi connectivity index (χ0n) is 14.4. The predicted octanol–water partition coefficient (Wildman–Crippen LogP) is 3.59. The molecule has 2 atom stereocenters. The lowest BCUT2D eigenvalue weighted by Gasteiger charge is -2.20. The highest BCUT2D eigenvalue weighted by molar-refractivity contribution is 5.57. The Morgan fingerprint density at radius 1 is 1.15 bits per heavy atom. The van der Waals surface area contributed by atoms with E-state index < -0.39 is 11.9 Å². The van der Waals surface area contributed by atoms with Crippen LogP contribution in [0.4, 0.5) is 19.0 Å². The van der Waals surface area contributed by atoms with Crippen molar-refractivity contribution in [3.63, 3.8) is 0 Å². The van der Waals surface area contributed by atoms with E-state index in [9.17, 15) is 13.2 Å². The summed E-state index contributed by atoms with van der Waals surface area (Å²) < 4.78 is 39.8. The first kappa shape index (κ1) is 17.2. The van der Waals surface area contributed by atoms with Crippen molar-refractivity contribution in [3.05, 3.63) is 36.3 Å². The van der Waals surface area contributed by atoms with Gasteiger partial charge in [-0.2, -0.15) is 13.2 Å². The summed E-state index contributed by atoms with van der Waals surface area (Å²) in [4.78, 5) is 14.4. The van der Waals surface area contributed by atoms with Gasteiger partial charge >= 0.3 is 6.18 Å². The monoisotopic (exact) mass is 363 g/mol. The Labute approximate surface area is 149 Å². The van der Waals surface area contributed by atoms with Crippen LogP contribution in [0.25, 0.3) is 11.4 Å². The molecule has 5 nitrogen and oxygen atoms in total. The molecule has 26 heavy (non-hydrogen) atoms. The summed E-state index contributed by atoms with van der Waals surface area (Å²) in [5.74, 6) is 0.267. The van der Waals surface area contributed by atoms with E-state index >= 15 is 0 Å². The minimum atomic E-state index is -4.52. The molecule has 1 N–H and O–H groups in total. The summed E-state index contributed by atoms with van der Waals surface area (Å²) in [5.41, 5.74) is -0.430. The summed E-state index contributed by atoms with van der Waals surface area (Å²) >= 11 is 0. The van der Waals surface area contributed by atoms with Gasteiger partial charge in [-0.3, -0.25) is 9.88 Å². The first-order valence-corrected chi connectivity index (χ1v) is 8.79. The van der Waals surface area contributed by atoms with E-state index in [1.54, 1.807) is 12.1 Å². The highest BCUT2D eigenvalue weighted by Crippen LogP contribution is 2.35. The largest absolute Gasteiger partial charge is 0.433 e. The number of rotatable bonds is 4. The zero-order chi connectivity index (χ0) is 18.3. The van der Waals surface area contributed by atoms with Gasteiger partial charge in [0.25, 0.3) is 0 Å². The number of hydrogen-bond acceptors (Lipinski definition) is 5. The number of anilines is 1. The van der Waals surface area contributed by atoms with Gasteiger partial charge < -0.3 is 5.32 Å². The number of aromatic nitrogens is 3. The number of nitrogens with one attached hydrogen (secondary N) is 1. The summed E-state index contributed by atoms with van der Waals surface area (Å²) in [6.07, 6.45) is 1.83. The van der Waals surface area contributed by atoms with Crippen LogP contribution in [0.15, 0.2) is 30.6 Å². The van der Waals surface area contributed by atoms with Gasteiger partial charge in [0.2, 0.25) is 0 Å². The van der Waals surface area contributed by atoms with Crippen molar-refractivity contribution in [1.29, 1.82) is 0 Å². The molecular weight excluding hydrogens is 343 g/mol. The van der Waals surface area contributed by atoms with E-state index in [2.05, 4.69) is 32.1 Å². The van der Waals surface area contributed by atoms with E-state index in [0.717, 1.165) is 19.0 Å². The molecule has 0 bridgehead atoms. The molecule has 2 aromatic heterocycles. The minimum absolute atomic E-state index is 0.0508. The van der Waals surface area contributed by atoms with E-state index in [1.807, 2.05) is 0 Å². The van der Waals surface area contributed by atoms with Crippen LogP contribution >= 0.6 is 0 Å². The molecule has 138 valence electrons. The van der Waals surface area contributed by atoms with Crippen LogP contribution in [0.2, 0.25) is 0 Å². The molecule has 1 aliphatic carbocycles. The molecule has 2 unspecified atom stereocenters. The average molecular weight is 363 g/mol. The average Bonchev–Trinajstić information content (AvgIpc) is 3.38. The molecule has 0 radical (unpaired) electrons. The minimum Gasteiger partial charge on any atom is -0.366 e. The maximum atomic E-state index is 13.3. The second-order valence-corrected chi connectivity index (χ2v) is 7.05. The predicted molar refractivity (Wildman–Crippen MR) is 91.5 cm³/mol. The maximum absolute atomic E-state index is 13.3. The van der Waals surface area contributed by atoms with Crippen molar-refractivity contribution < 1.29 is 13.2 Å². The molecule has 2 aromatic rings. The first-order chi connectivity index (χ1) is 12.4. The molecule has 0 amide bonds. The Bertz CT molecular complexity index is 776. The van der Waals surface area contributed by atoms with Crippen LogP contribution in [0.3, 0.4) is 0 Å². The van der Waals surface area contributed by atoms with Crippen molar-refractivity contribution in [2.45, 2.75) is 50.5 Å². The summed E-state index contributed by atoms with van der Waals surface area (Å²) in [7, 11) is 0. The molecule has 0 spiro atoms. The Hall–Kier alpha value is -2.22. The summed E-state index contributed by atoms with van der Waals surface area (Å²) in [5, 5.41) is 3.20. The Balaban J connectivity index is 1.61. The third kappa shape index (κ3) is 3.65. The highest BCUT2D eigenvalue weighted by atomic mass is 19.4. The number of pyridine rings is 1. The van der Waals surface area contributed by atoms with E-state index in [4.69, 9.17) is 0 Å². The molecule has 1 saturated heterocycles. The van der Waals surface area contributed by atoms with Crippen molar-refractivity contribution in [3.8, 4) is 11.4 Å². The lowest BCUT2D eigenvalue weighted by molar-refractivity contribution is -0.141. The molecule has 1 saturated carbocycles. The van der Waals surface area contributed by atoms with Gasteiger partial charge in [-0.25, -0.2) is 9.97 Å². The Morgan fingerprint density at radius 3 is 2.54 bits per heavy atom. The van der Waals surface area contributed by atoms with Crippen LogP contribution in [-0.2, 0) is 6.18 Å². The normalized spacial score (nSPS) is 24.0. The van der Waals surface area contributed by atoms with E-state index in [0.29, 0.717) is 17.6 Å². The standard InChI is InChI=1S/C18H20F3N5/c1-11-8-13(10-26(11)14-2-3-14)23-16-9-15(18(19,20)21)24-17(25-16)12-4-6-22-7-5-12/h4-7,9,11,13-14H,2-3,8,10H2,1H3,(H,23,24,25). The lowest BCUT2D eigenvalue weighted by atomic mass is 10.2. The SMILES string of the molecule is CC1CC(Nc2cc(C(F)(F)F)nc(-c3ccncc3)n2)CN1C1CC1. The molecule has 8 heteroatoms. The van der Waals surface area contributed by atoms with Gasteiger partial charge in [-0.05, 0) is 38.3 Å². The fourth-order valence-electron chi connectivity index (χ4n) is 3.58. The topological polar surface area (TPSA) is 53.9 Å². The number of alkyl halides is 3. The van der Waals surface area contributed by atoms with Crippen LogP contribution in [0.1, 0.15) is 31.9 Å². The highest BCUT2D eigenvalue weighted by Gasteiger charge is 2.39. The van der Waals surface area contributed by atoms with Crippen molar-refractivity contribution >= 4 is 5.82 Å².